The Morgan fingerprint density at radius 2 is 2.00 bits per heavy atom. The van der Waals surface area contributed by atoms with Crippen molar-refractivity contribution in [1.82, 2.24) is 15.2 Å². The highest BCUT2D eigenvalue weighted by atomic mass is 15.2. The molecule has 1 aliphatic rings. The lowest BCUT2D eigenvalue weighted by Gasteiger charge is -2.34. The highest BCUT2D eigenvalue weighted by molar-refractivity contribution is 5.42. The van der Waals surface area contributed by atoms with Crippen molar-refractivity contribution in [3.63, 3.8) is 0 Å². The third-order valence-corrected chi connectivity index (χ3v) is 4.11. The minimum atomic E-state index is 0.839. The lowest BCUT2D eigenvalue weighted by Crippen LogP contribution is -2.37. The number of aryl methyl sites for hydroxylation is 1. The molecule has 1 fully saturated rings. The minimum absolute atomic E-state index is 0.839. The van der Waals surface area contributed by atoms with E-state index in [0.717, 1.165) is 37.1 Å². The van der Waals surface area contributed by atoms with E-state index in [0.29, 0.717) is 0 Å². The Morgan fingerprint density at radius 3 is 2.55 bits per heavy atom. The molecule has 1 N–H and O–H groups in total. The van der Waals surface area contributed by atoms with Gasteiger partial charge in [0.15, 0.2) is 0 Å². The Balaban J connectivity index is 1.95. The molecule has 1 aliphatic heterocycles. The van der Waals surface area contributed by atoms with Gasteiger partial charge in [-0.3, -0.25) is 0 Å². The van der Waals surface area contributed by atoms with Gasteiger partial charge >= 0.3 is 0 Å². The van der Waals surface area contributed by atoms with Crippen LogP contribution in [0.25, 0.3) is 0 Å². The number of anilines is 1. The number of aromatic nitrogens is 1. The maximum absolute atomic E-state index is 4.78. The molecule has 1 aromatic heterocycles. The van der Waals surface area contributed by atoms with Crippen LogP contribution < -0.4 is 10.2 Å². The molecule has 112 valence electrons. The summed E-state index contributed by atoms with van der Waals surface area (Å²) in [5.74, 6) is 1.98. The van der Waals surface area contributed by atoms with Crippen molar-refractivity contribution in [2.45, 2.75) is 26.3 Å². The zero-order valence-electron chi connectivity index (χ0n) is 13.3. The molecule has 2 rings (SSSR count). The molecule has 0 saturated carbocycles. The lowest BCUT2D eigenvalue weighted by molar-refractivity contribution is 0.284. The average Bonchev–Trinajstić information content (AvgIpc) is 2.41. The number of nitrogens with one attached hydrogen (secondary N) is 1. The summed E-state index contributed by atoms with van der Waals surface area (Å²) in [5, 5.41) is 3.19. The first-order valence-electron chi connectivity index (χ1n) is 7.61. The number of hydrogen-bond donors (Lipinski definition) is 1. The van der Waals surface area contributed by atoms with Gasteiger partial charge in [0.05, 0.1) is 0 Å². The summed E-state index contributed by atoms with van der Waals surface area (Å²) >= 11 is 0. The molecule has 4 heteroatoms. The van der Waals surface area contributed by atoms with E-state index in [9.17, 15) is 0 Å². The van der Waals surface area contributed by atoms with Gasteiger partial charge in [0.25, 0.3) is 0 Å². The van der Waals surface area contributed by atoms with Gasteiger partial charge in [-0.05, 0) is 58.5 Å². The van der Waals surface area contributed by atoms with Crippen molar-refractivity contribution >= 4 is 5.82 Å². The smallest absolute Gasteiger partial charge is 0.128 e. The second kappa shape index (κ2) is 7.04. The van der Waals surface area contributed by atoms with Crippen LogP contribution in [0.15, 0.2) is 12.1 Å². The van der Waals surface area contributed by atoms with Gasteiger partial charge in [-0.15, -0.1) is 0 Å². The molecule has 0 unspecified atom stereocenters. The molecule has 0 spiro atoms. The van der Waals surface area contributed by atoms with Gasteiger partial charge in [-0.25, -0.2) is 4.98 Å². The van der Waals surface area contributed by atoms with E-state index >= 15 is 0 Å². The maximum Gasteiger partial charge on any atom is 0.128 e. The molecule has 0 aliphatic carbocycles. The molecular weight excluding hydrogens is 248 g/mol. The Bertz CT molecular complexity index is 422. The normalized spacial score (nSPS) is 16.9. The van der Waals surface area contributed by atoms with Crippen molar-refractivity contribution in [2.75, 3.05) is 45.7 Å². The Labute approximate surface area is 123 Å². The highest BCUT2D eigenvalue weighted by Crippen LogP contribution is 2.23. The second-order valence-corrected chi connectivity index (χ2v) is 6.14. The van der Waals surface area contributed by atoms with Gasteiger partial charge in [-0.2, -0.15) is 0 Å². The van der Waals surface area contributed by atoms with Gasteiger partial charge in [-0.1, -0.05) is 6.07 Å². The Hall–Kier alpha value is -1.13. The lowest BCUT2D eigenvalue weighted by atomic mass is 9.96. The second-order valence-electron chi connectivity index (χ2n) is 6.14. The zero-order chi connectivity index (χ0) is 14.5. The van der Waals surface area contributed by atoms with E-state index in [1.54, 1.807) is 0 Å². The minimum Gasteiger partial charge on any atom is -0.357 e. The zero-order valence-corrected chi connectivity index (χ0v) is 13.3. The topological polar surface area (TPSA) is 31.4 Å². The summed E-state index contributed by atoms with van der Waals surface area (Å²) in [6, 6.07) is 4.38. The van der Waals surface area contributed by atoms with Gasteiger partial charge in [0, 0.05) is 31.9 Å². The van der Waals surface area contributed by atoms with Crippen LogP contribution in [0.4, 0.5) is 5.82 Å². The van der Waals surface area contributed by atoms with E-state index in [2.05, 4.69) is 48.3 Å². The molecule has 20 heavy (non-hydrogen) atoms. The monoisotopic (exact) mass is 276 g/mol. The molecule has 2 heterocycles. The van der Waals surface area contributed by atoms with Crippen LogP contribution in [0, 0.1) is 12.8 Å². The van der Waals surface area contributed by atoms with Crippen molar-refractivity contribution in [2.24, 2.45) is 5.92 Å². The Kier molecular flexibility index (Phi) is 5.38. The summed E-state index contributed by atoms with van der Waals surface area (Å²) in [4.78, 5) is 9.51. The van der Waals surface area contributed by atoms with Crippen molar-refractivity contribution < 1.29 is 0 Å². The summed E-state index contributed by atoms with van der Waals surface area (Å²) in [7, 11) is 6.30. The molecule has 1 aromatic rings. The summed E-state index contributed by atoms with van der Waals surface area (Å²) in [6.07, 6.45) is 2.55. The molecule has 0 radical (unpaired) electrons. The number of nitrogens with zero attached hydrogens (tertiary/aromatic N) is 3. The quantitative estimate of drug-likeness (QED) is 0.890. The average molecular weight is 276 g/mol. The van der Waals surface area contributed by atoms with Gasteiger partial charge in [0.1, 0.15) is 5.82 Å². The number of hydrogen-bond acceptors (Lipinski definition) is 4. The fourth-order valence-corrected chi connectivity index (χ4v) is 2.99. The van der Waals surface area contributed by atoms with Crippen LogP contribution in [0.1, 0.15) is 24.1 Å². The van der Waals surface area contributed by atoms with Crippen LogP contribution in [0.2, 0.25) is 0 Å². The summed E-state index contributed by atoms with van der Waals surface area (Å²) in [5.41, 5.74) is 2.44. The van der Waals surface area contributed by atoms with Gasteiger partial charge in [0.2, 0.25) is 0 Å². The summed E-state index contributed by atoms with van der Waals surface area (Å²) in [6.45, 7) is 6.48. The maximum atomic E-state index is 4.78. The third kappa shape index (κ3) is 3.93. The number of pyridine rings is 1. The number of piperidine rings is 1. The van der Waals surface area contributed by atoms with Crippen molar-refractivity contribution in [3.05, 3.63) is 23.4 Å². The standard InChI is InChI=1S/C16H28N4/c1-13-15(11-17-2)5-6-16(18-13)20-9-7-14(8-10-20)12-19(3)4/h5-6,14,17H,7-12H2,1-4H3. The molecular formula is C16H28N4. The predicted octanol–water partition coefficient (Wildman–Crippen LogP) is 1.89. The largest absolute Gasteiger partial charge is 0.357 e. The first kappa shape index (κ1) is 15.3. The molecule has 0 aromatic carbocycles. The molecule has 1 saturated heterocycles. The van der Waals surface area contributed by atoms with Crippen LogP contribution in [-0.4, -0.2) is 50.7 Å². The predicted molar refractivity (Wildman–Crippen MR) is 85.2 cm³/mol. The SMILES string of the molecule is CNCc1ccc(N2CCC(CN(C)C)CC2)nc1C. The molecule has 4 nitrogen and oxygen atoms in total. The van der Waals surface area contributed by atoms with Gasteiger partial charge < -0.3 is 15.1 Å². The van der Waals surface area contributed by atoms with Crippen LogP contribution in [-0.2, 0) is 6.54 Å². The van der Waals surface area contributed by atoms with Crippen molar-refractivity contribution in [3.8, 4) is 0 Å². The van der Waals surface area contributed by atoms with E-state index < -0.39 is 0 Å². The molecule has 0 amide bonds. The first-order chi connectivity index (χ1) is 9.60. The first-order valence-corrected chi connectivity index (χ1v) is 7.61. The van der Waals surface area contributed by atoms with Crippen LogP contribution in [0.5, 0.6) is 0 Å². The third-order valence-electron chi connectivity index (χ3n) is 4.11. The van der Waals surface area contributed by atoms with E-state index in [4.69, 9.17) is 4.98 Å². The van der Waals surface area contributed by atoms with Crippen LogP contribution in [0.3, 0.4) is 0 Å². The number of rotatable bonds is 5. The van der Waals surface area contributed by atoms with E-state index in [1.165, 1.54) is 24.9 Å². The molecule has 0 bridgehead atoms. The van der Waals surface area contributed by atoms with Crippen molar-refractivity contribution in [1.29, 1.82) is 0 Å². The fourth-order valence-electron chi connectivity index (χ4n) is 2.99. The van der Waals surface area contributed by atoms with Crippen LogP contribution >= 0.6 is 0 Å². The highest BCUT2D eigenvalue weighted by Gasteiger charge is 2.20. The molecule has 0 atom stereocenters. The fraction of sp³-hybridized carbons (Fsp3) is 0.688. The van der Waals surface area contributed by atoms with E-state index in [1.807, 2.05) is 7.05 Å². The summed E-state index contributed by atoms with van der Waals surface area (Å²) < 4.78 is 0. The van der Waals surface area contributed by atoms with E-state index in [-0.39, 0.29) is 0 Å². The Morgan fingerprint density at radius 1 is 1.30 bits per heavy atom.